The van der Waals surface area contributed by atoms with E-state index in [0.717, 1.165) is 31.2 Å². The predicted octanol–water partition coefficient (Wildman–Crippen LogP) is 2.53. The van der Waals surface area contributed by atoms with E-state index >= 15 is 0 Å². The minimum absolute atomic E-state index is 0.167. The molecular weight excluding hydrogens is 167 g/mol. The van der Waals surface area contributed by atoms with Crippen molar-refractivity contribution in [2.24, 2.45) is 0 Å². The number of hydrogen-bond acceptors (Lipinski definition) is 1. The molecule has 13 heavy (non-hydrogen) atoms. The Morgan fingerprint density at radius 3 is 2.69 bits per heavy atom. The van der Waals surface area contributed by atoms with Crippen LogP contribution in [0, 0.1) is 5.82 Å². The van der Waals surface area contributed by atoms with Crippen molar-refractivity contribution in [1.29, 1.82) is 0 Å². The van der Waals surface area contributed by atoms with Gasteiger partial charge in [0.05, 0.1) is 0 Å². The molecule has 0 unspecified atom stereocenters. The van der Waals surface area contributed by atoms with Gasteiger partial charge in [-0.05, 0) is 37.0 Å². The fourth-order valence-electron chi connectivity index (χ4n) is 1.31. The number of aliphatic hydroxyl groups excluding tert-OH is 1. The highest BCUT2D eigenvalue weighted by Gasteiger charge is 1.94. The summed E-state index contributed by atoms with van der Waals surface area (Å²) in [6, 6.07) is 6.69. The van der Waals surface area contributed by atoms with Gasteiger partial charge in [0.25, 0.3) is 0 Å². The van der Waals surface area contributed by atoms with E-state index in [-0.39, 0.29) is 12.4 Å². The van der Waals surface area contributed by atoms with Gasteiger partial charge in [0.15, 0.2) is 0 Å². The summed E-state index contributed by atoms with van der Waals surface area (Å²) in [5.41, 5.74) is 1.04. The second-order valence-electron chi connectivity index (χ2n) is 3.16. The number of hydrogen-bond donors (Lipinski definition) is 1. The molecule has 0 saturated carbocycles. The van der Waals surface area contributed by atoms with Crippen LogP contribution in [0.5, 0.6) is 0 Å². The lowest BCUT2D eigenvalue weighted by molar-refractivity contribution is 0.283. The van der Waals surface area contributed by atoms with Crippen molar-refractivity contribution in [1.82, 2.24) is 0 Å². The van der Waals surface area contributed by atoms with Crippen LogP contribution in [-0.2, 0) is 6.42 Å². The van der Waals surface area contributed by atoms with Crippen molar-refractivity contribution in [2.45, 2.75) is 25.7 Å². The Morgan fingerprint density at radius 2 is 2.00 bits per heavy atom. The molecule has 72 valence electrons. The molecule has 0 aliphatic carbocycles. The van der Waals surface area contributed by atoms with Crippen LogP contribution in [0.3, 0.4) is 0 Å². The first-order valence-corrected chi connectivity index (χ1v) is 4.68. The van der Waals surface area contributed by atoms with E-state index in [9.17, 15) is 4.39 Å². The van der Waals surface area contributed by atoms with Crippen LogP contribution in [0.1, 0.15) is 24.8 Å². The van der Waals surface area contributed by atoms with Gasteiger partial charge in [-0.3, -0.25) is 0 Å². The fourth-order valence-corrected chi connectivity index (χ4v) is 1.31. The average molecular weight is 182 g/mol. The van der Waals surface area contributed by atoms with E-state index in [1.807, 2.05) is 6.07 Å². The summed E-state index contributed by atoms with van der Waals surface area (Å²) in [5, 5.41) is 8.55. The number of aryl methyl sites for hydroxylation is 1. The van der Waals surface area contributed by atoms with Crippen molar-refractivity contribution >= 4 is 0 Å². The summed E-state index contributed by atoms with van der Waals surface area (Å²) < 4.78 is 12.7. The molecule has 1 N–H and O–H groups in total. The van der Waals surface area contributed by atoms with E-state index in [1.54, 1.807) is 12.1 Å². The molecule has 1 aromatic rings. The zero-order valence-electron chi connectivity index (χ0n) is 7.67. The van der Waals surface area contributed by atoms with Gasteiger partial charge in [0.1, 0.15) is 5.82 Å². The van der Waals surface area contributed by atoms with Gasteiger partial charge >= 0.3 is 0 Å². The highest BCUT2D eigenvalue weighted by Crippen LogP contribution is 2.08. The third-order valence-corrected chi connectivity index (χ3v) is 2.01. The number of halogens is 1. The van der Waals surface area contributed by atoms with E-state index in [0.29, 0.717) is 0 Å². The summed E-state index contributed by atoms with van der Waals surface area (Å²) in [6.45, 7) is 0.253. The Labute approximate surface area is 78.2 Å². The molecule has 0 aliphatic rings. The largest absolute Gasteiger partial charge is 0.396 e. The normalized spacial score (nSPS) is 10.3. The number of benzene rings is 1. The standard InChI is InChI=1S/C11H15FO/c12-11-7-4-6-10(9-11)5-2-1-3-8-13/h4,6-7,9,13H,1-3,5,8H2. The molecule has 0 heterocycles. The molecule has 0 saturated heterocycles. The Kier molecular flexibility index (Phi) is 4.47. The molecule has 0 bridgehead atoms. The van der Waals surface area contributed by atoms with Crippen LogP contribution < -0.4 is 0 Å². The third kappa shape index (κ3) is 4.04. The molecular formula is C11H15FO. The van der Waals surface area contributed by atoms with Crippen molar-refractivity contribution in [2.75, 3.05) is 6.61 Å². The molecule has 0 fully saturated rings. The third-order valence-electron chi connectivity index (χ3n) is 2.01. The predicted molar refractivity (Wildman–Crippen MR) is 51.0 cm³/mol. The van der Waals surface area contributed by atoms with E-state index < -0.39 is 0 Å². The van der Waals surface area contributed by atoms with Crippen molar-refractivity contribution in [3.05, 3.63) is 35.6 Å². The van der Waals surface area contributed by atoms with Crippen molar-refractivity contribution in [3.8, 4) is 0 Å². The van der Waals surface area contributed by atoms with Crippen LogP contribution in [0.15, 0.2) is 24.3 Å². The number of rotatable bonds is 5. The maximum Gasteiger partial charge on any atom is 0.123 e. The molecule has 0 amide bonds. The molecule has 0 aromatic heterocycles. The Balaban J connectivity index is 2.28. The summed E-state index contributed by atoms with van der Waals surface area (Å²) in [6.07, 6.45) is 3.77. The van der Waals surface area contributed by atoms with Gasteiger partial charge in [-0.1, -0.05) is 18.6 Å². The van der Waals surface area contributed by atoms with Crippen LogP contribution in [0.4, 0.5) is 4.39 Å². The molecule has 1 aromatic carbocycles. The highest BCUT2D eigenvalue weighted by atomic mass is 19.1. The van der Waals surface area contributed by atoms with E-state index in [4.69, 9.17) is 5.11 Å². The van der Waals surface area contributed by atoms with E-state index in [2.05, 4.69) is 0 Å². The maximum atomic E-state index is 12.7. The fraction of sp³-hybridized carbons (Fsp3) is 0.455. The zero-order valence-corrected chi connectivity index (χ0v) is 7.67. The number of aliphatic hydroxyl groups is 1. The monoisotopic (exact) mass is 182 g/mol. The van der Waals surface area contributed by atoms with Crippen LogP contribution in [-0.4, -0.2) is 11.7 Å². The molecule has 1 rings (SSSR count). The second-order valence-corrected chi connectivity index (χ2v) is 3.16. The van der Waals surface area contributed by atoms with Gasteiger partial charge in [0, 0.05) is 6.61 Å². The summed E-state index contributed by atoms with van der Waals surface area (Å²) in [7, 11) is 0. The van der Waals surface area contributed by atoms with Crippen molar-refractivity contribution in [3.63, 3.8) is 0 Å². The lowest BCUT2D eigenvalue weighted by atomic mass is 10.1. The molecule has 0 radical (unpaired) electrons. The Bertz CT molecular complexity index is 248. The first-order valence-electron chi connectivity index (χ1n) is 4.68. The van der Waals surface area contributed by atoms with Gasteiger partial charge in [0.2, 0.25) is 0 Å². The Hall–Kier alpha value is -0.890. The summed E-state index contributed by atoms with van der Waals surface area (Å²) in [5.74, 6) is -0.167. The zero-order chi connectivity index (χ0) is 9.52. The first kappa shape index (κ1) is 10.2. The molecule has 2 heteroatoms. The topological polar surface area (TPSA) is 20.2 Å². The van der Waals surface area contributed by atoms with Gasteiger partial charge in [-0.15, -0.1) is 0 Å². The van der Waals surface area contributed by atoms with E-state index in [1.165, 1.54) is 6.07 Å². The van der Waals surface area contributed by atoms with Gasteiger partial charge in [-0.25, -0.2) is 4.39 Å². The summed E-state index contributed by atoms with van der Waals surface area (Å²) in [4.78, 5) is 0. The number of unbranched alkanes of at least 4 members (excludes halogenated alkanes) is 2. The minimum atomic E-state index is -0.167. The van der Waals surface area contributed by atoms with Crippen molar-refractivity contribution < 1.29 is 9.50 Å². The SMILES string of the molecule is OCCCCCc1cccc(F)c1. The van der Waals surface area contributed by atoms with Gasteiger partial charge < -0.3 is 5.11 Å². The smallest absolute Gasteiger partial charge is 0.123 e. The van der Waals surface area contributed by atoms with Crippen LogP contribution in [0.25, 0.3) is 0 Å². The lowest BCUT2D eigenvalue weighted by Gasteiger charge is -2.00. The maximum absolute atomic E-state index is 12.7. The second kappa shape index (κ2) is 5.70. The molecule has 0 aliphatic heterocycles. The van der Waals surface area contributed by atoms with Crippen LogP contribution in [0.2, 0.25) is 0 Å². The average Bonchev–Trinajstić information content (AvgIpc) is 2.13. The lowest BCUT2D eigenvalue weighted by Crippen LogP contribution is -1.88. The Morgan fingerprint density at radius 1 is 1.15 bits per heavy atom. The quantitative estimate of drug-likeness (QED) is 0.694. The van der Waals surface area contributed by atoms with Gasteiger partial charge in [-0.2, -0.15) is 0 Å². The van der Waals surface area contributed by atoms with Crippen LogP contribution >= 0.6 is 0 Å². The minimum Gasteiger partial charge on any atom is -0.396 e. The molecule has 0 spiro atoms. The molecule has 1 nitrogen and oxygen atoms in total. The first-order chi connectivity index (χ1) is 6.33. The molecule has 0 atom stereocenters. The summed E-state index contributed by atoms with van der Waals surface area (Å²) >= 11 is 0. The highest BCUT2D eigenvalue weighted by molar-refractivity contribution is 5.16.